The quantitative estimate of drug-likeness (QED) is 0.667. The Labute approximate surface area is 86.5 Å². The van der Waals surface area contributed by atoms with E-state index in [2.05, 4.69) is 24.5 Å². The van der Waals surface area contributed by atoms with Crippen LogP contribution >= 0.6 is 12.2 Å². The summed E-state index contributed by atoms with van der Waals surface area (Å²) in [6.07, 6.45) is 5.22. The molecule has 0 saturated heterocycles. The first kappa shape index (κ1) is 10.8. The van der Waals surface area contributed by atoms with Gasteiger partial charge in [0.1, 0.15) is 0 Å². The van der Waals surface area contributed by atoms with Crippen LogP contribution in [0.1, 0.15) is 39.5 Å². The predicted molar refractivity (Wildman–Crippen MR) is 60.8 cm³/mol. The molecule has 0 bridgehead atoms. The number of hydrogen-bond donors (Lipinski definition) is 2. The minimum atomic E-state index is 0.614. The molecule has 0 aromatic rings. The van der Waals surface area contributed by atoms with Gasteiger partial charge in [-0.1, -0.05) is 6.92 Å². The molecule has 3 heteroatoms. The van der Waals surface area contributed by atoms with Crippen molar-refractivity contribution in [2.75, 3.05) is 6.54 Å². The fraction of sp³-hybridized carbons (Fsp3) is 0.900. The van der Waals surface area contributed by atoms with Crippen molar-refractivity contribution >= 4 is 17.3 Å². The zero-order valence-electron chi connectivity index (χ0n) is 8.60. The zero-order chi connectivity index (χ0) is 9.68. The molecule has 1 fully saturated rings. The maximum atomic E-state index is 5.14. The van der Waals surface area contributed by atoms with Crippen LogP contribution in [0.3, 0.4) is 0 Å². The van der Waals surface area contributed by atoms with E-state index < -0.39 is 0 Å². The highest BCUT2D eigenvalue weighted by Gasteiger charge is 2.18. The van der Waals surface area contributed by atoms with Gasteiger partial charge in [-0.15, -0.1) is 0 Å². The molecule has 1 rings (SSSR count). The molecular weight excluding hydrogens is 180 g/mol. The molecule has 2 N–H and O–H groups in total. The summed E-state index contributed by atoms with van der Waals surface area (Å²) in [6, 6.07) is 0.614. The highest BCUT2D eigenvalue weighted by atomic mass is 32.1. The molecule has 1 aliphatic carbocycles. The lowest BCUT2D eigenvalue weighted by molar-refractivity contribution is 0.330. The lowest BCUT2D eigenvalue weighted by Gasteiger charge is -2.27. The molecule has 2 nitrogen and oxygen atoms in total. The van der Waals surface area contributed by atoms with Gasteiger partial charge in [-0.25, -0.2) is 0 Å². The zero-order valence-corrected chi connectivity index (χ0v) is 9.41. The van der Waals surface area contributed by atoms with Gasteiger partial charge in [0.15, 0.2) is 5.11 Å². The average Bonchev–Trinajstić information content (AvgIpc) is 2.09. The summed E-state index contributed by atoms with van der Waals surface area (Å²) < 4.78 is 0. The van der Waals surface area contributed by atoms with Gasteiger partial charge in [0.05, 0.1) is 0 Å². The van der Waals surface area contributed by atoms with E-state index >= 15 is 0 Å². The van der Waals surface area contributed by atoms with Crippen LogP contribution in [0.4, 0.5) is 0 Å². The number of thiocarbonyl (C=S) groups is 1. The van der Waals surface area contributed by atoms with Gasteiger partial charge in [0.25, 0.3) is 0 Å². The van der Waals surface area contributed by atoms with E-state index in [1.807, 2.05) is 0 Å². The summed E-state index contributed by atoms with van der Waals surface area (Å²) >= 11 is 5.14. The van der Waals surface area contributed by atoms with Crippen LogP contribution in [-0.2, 0) is 0 Å². The van der Waals surface area contributed by atoms with E-state index in [1.54, 1.807) is 0 Å². The Morgan fingerprint density at radius 3 is 2.46 bits per heavy atom. The standard InChI is InChI=1S/C10H20N2S/c1-3-11-10(13)12-9-6-4-8(2)5-7-9/h8-9H,3-7H2,1-2H3,(H2,11,12,13). The van der Waals surface area contributed by atoms with Gasteiger partial charge in [0.2, 0.25) is 0 Å². The molecule has 0 amide bonds. The lowest BCUT2D eigenvalue weighted by Crippen LogP contribution is -2.43. The van der Waals surface area contributed by atoms with E-state index in [4.69, 9.17) is 12.2 Å². The second-order valence-electron chi connectivity index (χ2n) is 3.96. The monoisotopic (exact) mass is 200 g/mol. The largest absolute Gasteiger partial charge is 0.363 e. The van der Waals surface area contributed by atoms with E-state index in [1.165, 1.54) is 25.7 Å². The molecule has 0 aromatic heterocycles. The topological polar surface area (TPSA) is 24.1 Å². The Morgan fingerprint density at radius 1 is 1.31 bits per heavy atom. The highest BCUT2D eigenvalue weighted by molar-refractivity contribution is 7.80. The molecule has 0 unspecified atom stereocenters. The molecular formula is C10H20N2S. The molecule has 0 spiro atoms. The fourth-order valence-corrected chi connectivity index (χ4v) is 2.11. The van der Waals surface area contributed by atoms with Crippen molar-refractivity contribution < 1.29 is 0 Å². The second-order valence-corrected chi connectivity index (χ2v) is 4.37. The number of hydrogen-bond acceptors (Lipinski definition) is 1. The number of rotatable bonds is 2. The Bertz CT molecular complexity index is 162. The first-order valence-electron chi connectivity index (χ1n) is 5.26. The molecule has 0 radical (unpaired) electrons. The first-order valence-corrected chi connectivity index (χ1v) is 5.67. The first-order chi connectivity index (χ1) is 6.22. The molecule has 0 aromatic carbocycles. The summed E-state index contributed by atoms with van der Waals surface area (Å²) in [4.78, 5) is 0. The summed E-state index contributed by atoms with van der Waals surface area (Å²) in [7, 11) is 0. The Hall–Kier alpha value is -0.310. The van der Waals surface area contributed by atoms with Crippen LogP contribution in [0.15, 0.2) is 0 Å². The van der Waals surface area contributed by atoms with Gasteiger partial charge >= 0.3 is 0 Å². The maximum absolute atomic E-state index is 5.14. The molecule has 1 aliphatic rings. The van der Waals surface area contributed by atoms with Crippen molar-refractivity contribution in [1.82, 2.24) is 10.6 Å². The van der Waals surface area contributed by atoms with Crippen molar-refractivity contribution in [3.63, 3.8) is 0 Å². The summed E-state index contributed by atoms with van der Waals surface area (Å²) in [5.41, 5.74) is 0. The summed E-state index contributed by atoms with van der Waals surface area (Å²) in [5, 5.41) is 7.31. The number of nitrogens with one attached hydrogen (secondary N) is 2. The third-order valence-corrected chi connectivity index (χ3v) is 2.95. The Kier molecular flexibility index (Phi) is 4.50. The van der Waals surface area contributed by atoms with Crippen LogP contribution in [0.25, 0.3) is 0 Å². The van der Waals surface area contributed by atoms with Crippen LogP contribution < -0.4 is 10.6 Å². The van der Waals surface area contributed by atoms with E-state index in [0.717, 1.165) is 17.6 Å². The van der Waals surface area contributed by atoms with Gasteiger partial charge in [0, 0.05) is 12.6 Å². The maximum Gasteiger partial charge on any atom is 0.166 e. The summed E-state index contributed by atoms with van der Waals surface area (Å²) in [5.74, 6) is 0.908. The van der Waals surface area contributed by atoms with Crippen LogP contribution in [0, 0.1) is 5.92 Å². The molecule has 1 saturated carbocycles. The highest BCUT2D eigenvalue weighted by Crippen LogP contribution is 2.23. The van der Waals surface area contributed by atoms with Gasteiger partial charge < -0.3 is 10.6 Å². The SMILES string of the molecule is CCNC(=S)NC1CCC(C)CC1. The average molecular weight is 200 g/mol. The van der Waals surface area contributed by atoms with Crippen LogP contribution in [0.2, 0.25) is 0 Å². The molecule has 0 atom stereocenters. The normalized spacial score (nSPS) is 28.2. The Balaban J connectivity index is 2.18. The van der Waals surface area contributed by atoms with Crippen molar-refractivity contribution in [1.29, 1.82) is 0 Å². The van der Waals surface area contributed by atoms with Crippen LogP contribution in [-0.4, -0.2) is 17.7 Å². The van der Waals surface area contributed by atoms with Crippen molar-refractivity contribution in [2.45, 2.75) is 45.6 Å². The van der Waals surface area contributed by atoms with Crippen molar-refractivity contribution in [3.05, 3.63) is 0 Å². The van der Waals surface area contributed by atoms with Gasteiger partial charge in [-0.2, -0.15) is 0 Å². The van der Waals surface area contributed by atoms with Crippen LogP contribution in [0.5, 0.6) is 0 Å². The second kappa shape index (κ2) is 5.43. The third kappa shape index (κ3) is 3.94. The van der Waals surface area contributed by atoms with Crippen molar-refractivity contribution in [3.8, 4) is 0 Å². The fourth-order valence-electron chi connectivity index (χ4n) is 1.80. The van der Waals surface area contributed by atoms with Gasteiger partial charge in [-0.05, 0) is 50.7 Å². The Morgan fingerprint density at radius 2 is 1.92 bits per heavy atom. The molecule has 76 valence electrons. The van der Waals surface area contributed by atoms with E-state index in [-0.39, 0.29) is 0 Å². The molecule has 13 heavy (non-hydrogen) atoms. The van der Waals surface area contributed by atoms with E-state index in [9.17, 15) is 0 Å². The predicted octanol–water partition coefficient (Wildman–Crippen LogP) is 2.05. The smallest absolute Gasteiger partial charge is 0.166 e. The van der Waals surface area contributed by atoms with Gasteiger partial charge in [-0.3, -0.25) is 0 Å². The third-order valence-electron chi connectivity index (χ3n) is 2.69. The van der Waals surface area contributed by atoms with E-state index in [0.29, 0.717) is 6.04 Å². The molecule has 0 heterocycles. The minimum Gasteiger partial charge on any atom is -0.363 e. The minimum absolute atomic E-state index is 0.614. The molecule has 0 aliphatic heterocycles. The van der Waals surface area contributed by atoms with Crippen molar-refractivity contribution in [2.24, 2.45) is 5.92 Å². The summed E-state index contributed by atoms with van der Waals surface area (Å²) in [6.45, 7) is 5.31. The lowest BCUT2D eigenvalue weighted by atomic mass is 9.87.